The molecule has 4 nitrogen and oxygen atoms in total. The SMILES string of the molecule is CCCCN(CCNc1ccc(C)c2sc3ccccc3c(=O)c12)CC(C)O. The second-order valence-electron chi connectivity index (χ2n) is 7.49. The zero-order valence-electron chi connectivity index (χ0n) is 17.0. The Hall–Kier alpha value is -1.95. The number of fused-ring (bicyclic) bond motifs is 2. The van der Waals surface area contributed by atoms with Crippen molar-refractivity contribution in [2.75, 3.05) is 31.5 Å². The average Bonchev–Trinajstić information content (AvgIpc) is 2.68. The monoisotopic (exact) mass is 398 g/mol. The molecular weight excluding hydrogens is 368 g/mol. The molecule has 150 valence electrons. The van der Waals surface area contributed by atoms with Crippen LogP contribution < -0.4 is 10.7 Å². The first kappa shape index (κ1) is 20.8. The Morgan fingerprint density at radius 2 is 1.96 bits per heavy atom. The molecule has 0 fully saturated rings. The van der Waals surface area contributed by atoms with Crippen LogP contribution >= 0.6 is 11.3 Å². The van der Waals surface area contributed by atoms with Gasteiger partial charge in [-0.3, -0.25) is 9.69 Å². The minimum atomic E-state index is -0.335. The van der Waals surface area contributed by atoms with E-state index in [1.165, 1.54) is 0 Å². The van der Waals surface area contributed by atoms with E-state index in [0.717, 1.165) is 63.9 Å². The third kappa shape index (κ3) is 4.72. The lowest BCUT2D eigenvalue weighted by Crippen LogP contribution is -2.35. The number of aliphatic hydroxyl groups excluding tert-OH is 1. The van der Waals surface area contributed by atoms with Gasteiger partial charge in [0, 0.05) is 40.1 Å². The van der Waals surface area contributed by atoms with Crippen LogP contribution in [-0.4, -0.2) is 42.3 Å². The van der Waals surface area contributed by atoms with Gasteiger partial charge in [-0.25, -0.2) is 0 Å². The van der Waals surface area contributed by atoms with E-state index >= 15 is 0 Å². The van der Waals surface area contributed by atoms with Gasteiger partial charge in [0.05, 0.1) is 11.5 Å². The molecule has 3 rings (SSSR count). The number of hydrogen-bond acceptors (Lipinski definition) is 5. The molecule has 2 aromatic carbocycles. The molecule has 0 saturated carbocycles. The lowest BCUT2D eigenvalue weighted by molar-refractivity contribution is 0.128. The number of aliphatic hydroxyl groups is 1. The molecule has 28 heavy (non-hydrogen) atoms. The molecule has 1 aromatic heterocycles. The Labute approximate surface area is 170 Å². The van der Waals surface area contributed by atoms with E-state index in [1.807, 2.05) is 37.3 Å². The van der Waals surface area contributed by atoms with Gasteiger partial charge in [-0.1, -0.05) is 31.5 Å². The van der Waals surface area contributed by atoms with Crippen LogP contribution in [0, 0.1) is 6.92 Å². The number of rotatable bonds is 9. The Morgan fingerprint density at radius 1 is 1.18 bits per heavy atom. The van der Waals surface area contributed by atoms with E-state index in [-0.39, 0.29) is 11.5 Å². The van der Waals surface area contributed by atoms with Crippen molar-refractivity contribution in [1.29, 1.82) is 0 Å². The largest absolute Gasteiger partial charge is 0.392 e. The van der Waals surface area contributed by atoms with Gasteiger partial charge < -0.3 is 10.4 Å². The van der Waals surface area contributed by atoms with E-state index < -0.39 is 0 Å². The number of anilines is 1. The van der Waals surface area contributed by atoms with Gasteiger partial charge in [0.15, 0.2) is 5.43 Å². The van der Waals surface area contributed by atoms with Crippen molar-refractivity contribution < 1.29 is 5.11 Å². The zero-order chi connectivity index (χ0) is 20.1. The van der Waals surface area contributed by atoms with Gasteiger partial charge in [0.25, 0.3) is 0 Å². The molecule has 0 aliphatic rings. The molecule has 1 unspecified atom stereocenters. The maximum absolute atomic E-state index is 13.2. The van der Waals surface area contributed by atoms with Gasteiger partial charge in [-0.15, -0.1) is 11.3 Å². The summed E-state index contributed by atoms with van der Waals surface area (Å²) in [5, 5.41) is 14.8. The first-order valence-electron chi connectivity index (χ1n) is 10.1. The van der Waals surface area contributed by atoms with Gasteiger partial charge in [0.1, 0.15) is 0 Å². The number of benzene rings is 2. The molecule has 3 aromatic rings. The van der Waals surface area contributed by atoms with Crippen LogP contribution in [0.25, 0.3) is 20.2 Å². The molecule has 0 saturated heterocycles. The molecule has 1 heterocycles. The standard InChI is InChI=1S/C23H30N2O2S/c1-4-5-13-25(15-17(3)26)14-12-24-19-11-10-16(2)23-21(19)22(27)18-8-6-7-9-20(18)28-23/h6-11,17,24,26H,4-5,12-15H2,1-3H3. The molecular formula is C23H30N2O2S. The quantitative estimate of drug-likeness (QED) is 0.517. The molecule has 2 N–H and O–H groups in total. The number of nitrogens with zero attached hydrogens (tertiary/aromatic N) is 1. The topological polar surface area (TPSA) is 52.6 Å². The number of nitrogens with one attached hydrogen (secondary N) is 1. The van der Waals surface area contributed by atoms with Crippen molar-refractivity contribution in [3.63, 3.8) is 0 Å². The van der Waals surface area contributed by atoms with Crippen molar-refractivity contribution in [3.8, 4) is 0 Å². The first-order chi connectivity index (χ1) is 13.5. The van der Waals surface area contributed by atoms with Crippen LogP contribution in [0.4, 0.5) is 5.69 Å². The molecule has 0 radical (unpaired) electrons. The minimum absolute atomic E-state index is 0.0994. The summed E-state index contributed by atoms with van der Waals surface area (Å²) < 4.78 is 2.09. The Bertz CT molecular complexity index is 997. The molecule has 0 spiro atoms. The zero-order valence-corrected chi connectivity index (χ0v) is 17.8. The Balaban J connectivity index is 1.86. The molecule has 1 atom stereocenters. The van der Waals surface area contributed by atoms with Crippen LogP contribution in [0.2, 0.25) is 0 Å². The highest BCUT2D eigenvalue weighted by molar-refractivity contribution is 7.24. The fourth-order valence-electron chi connectivity index (χ4n) is 3.58. The van der Waals surface area contributed by atoms with Gasteiger partial charge >= 0.3 is 0 Å². The summed E-state index contributed by atoms with van der Waals surface area (Å²) in [5.41, 5.74) is 2.13. The van der Waals surface area contributed by atoms with Gasteiger partial charge in [-0.05, 0) is 50.6 Å². The summed E-state index contributed by atoms with van der Waals surface area (Å²) in [4.78, 5) is 15.5. The van der Waals surface area contributed by atoms with E-state index in [2.05, 4.69) is 30.1 Å². The lowest BCUT2D eigenvalue weighted by Gasteiger charge is -2.24. The Kier molecular flexibility index (Phi) is 7.05. The summed E-state index contributed by atoms with van der Waals surface area (Å²) in [6, 6.07) is 11.9. The van der Waals surface area contributed by atoms with Crippen molar-refractivity contribution in [3.05, 3.63) is 52.2 Å². The van der Waals surface area contributed by atoms with Crippen molar-refractivity contribution in [1.82, 2.24) is 4.90 Å². The van der Waals surface area contributed by atoms with Crippen LogP contribution in [0.1, 0.15) is 32.3 Å². The number of aryl methyl sites for hydroxylation is 1. The second kappa shape index (κ2) is 9.50. The number of hydrogen-bond donors (Lipinski definition) is 2. The number of unbranched alkanes of at least 4 members (excludes halogenated alkanes) is 1. The Morgan fingerprint density at radius 3 is 2.71 bits per heavy atom. The van der Waals surface area contributed by atoms with Gasteiger partial charge in [-0.2, -0.15) is 0 Å². The second-order valence-corrected chi connectivity index (χ2v) is 8.54. The predicted octanol–water partition coefficient (Wildman–Crippen LogP) is 4.62. The highest BCUT2D eigenvalue weighted by Crippen LogP contribution is 2.31. The predicted molar refractivity (Wildman–Crippen MR) is 122 cm³/mol. The summed E-state index contributed by atoms with van der Waals surface area (Å²) in [7, 11) is 0. The molecule has 0 aliphatic carbocycles. The van der Waals surface area contributed by atoms with Crippen molar-refractivity contribution in [2.45, 2.75) is 39.7 Å². The summed E-state index contributed by atoms with van der Waals surface area (Å²) >= 11 is 1.68. The smallest absolute Gasteiger partial charge is 0.197 e. The molecule has 0 amide bonds. The van der Waals surface area contributed by atoms with Crippen LogP contribution in [0.3, 0.4) is 0 Å². The molecule has 5 heteroatoms. The fourth-order valence-corrected chi connectivity index (χ4v) is 4.75. The van der Waals surface area contributed by atoms with Crippen molar-refractivity contribution >= 4 is 37.2 Å². The summed E-state index contributed by atoms with van der Waals surface area (Å²) in [5.74, 6) is 0. The van der Waals surface area contributed by atoms with Crippen LogP contribution in [0.5, 0.6) is 0 Å². The first-order valence-corrected chi connectivity index (χ1v) is 10.9. The summed E-state index contributed by atoms with van der Waals surface area (Å²) in [6.07, 6.45) is 1.93. The third-order valence-corrected chi connectivity index (χ3v) is 6.33. The van der Waals surface area contributed by atoms with E-state index in [0.29, 0.717) is 6.54 Å². The minimum Gasteiger partial charge on any atom is -0.392 e. The maximum atomic E-state index is 13.2. The molecule has 0 bridgehead atoms. The van der Waals surface area contributed by atoms with Crippen LogP contribution in [0.15, 0.2) is 41.2 Å². The fraction of sp³-hybridized carbons (Fsp3) is 0.435. The lowest BCUT2D eigenvalue weighted by atomic mass is 10.1. The average molecular weight is 399 g/mol. The van der Waals surface area contributed by atoms with Crippen LogP contribution in [-0.2, 0) is 0 Å². The normalized spacial score (nSPS) is 12.8. The van der Waals surface area contributed by atoms with Gasteiger partial charge in [0.2, 0.25) is 0 Å². The van der Waals surface area contributed by atoms with E-state index in [1.54, 1.807) is 11.3 Å². The molecule has 0 aliphatic heterocycles. The third-order valence-electron chi connectivity index (χ3n) is 5.02. The van der Waals surface area contributed by atoms with E-state index in [9.17, 15) is 9.90 Å². The maximum Gasteiger partial charge on any atom is 0.197 e. The highest BCUT2D eigenvalue weighted by Gasteiger charge is 2.13. The van der Waals surface area contributed by atoms with Crippen molar-refractivity contribution in [2.24, 2.45) is 0 Å². The highest BCUT2D eigenvalue weighted by atomic mass is 32.1. The summed E-state index contributed by atoms with van der Waals surface area (Å²) in [6.45, 7) is 9.31. The van der Waals surface area contributed by atoms with E-state index in [4.69, 9.17) is 0 Å².